The number of nitrogens with one attached hydrogen (secondary N) is 1. The molecular weight excluding hydrogens is 212 g/mol. The van der Waals surface area contributed by atoms with Gasteiger partial charge in [0, 0.05) is 48.6 Å². The van der Waals surface area contributed by atoms with Crippen LogP contribution >= 0.6 is 0 Å². The first-order valence-corrected chi connectivity index (χ1v) is 5.89. The number of ether oxygens (including phenoxy) is 1. The maximum Gasteiger partial charge on any atom is 0.0481 e. The average molecular weight is 230 g/mol. The highest BCUT2D eigenvalue weighted by Gasteiger charge is 2.04. The zero-order valence-corrected chi connectivity index (χ0v) is 10.3. The normalized spacial score (nSPS) is 12.6. The summed E-state index contributed by atoms with van der Waals surface area (Å²) >= 11 is 0. The molecule has 2 aromatic rings. The third-order valence-electron chi connectivity index (χ3n) is 2.84. The summed E-state index contributed by atoms with van der Waals surface area (Å²) in [6.07, 6.45) is 4.71. The van der Waals surface area contributed by atoms with Crippen LogP contribution in [0.1, 0.15) is 13.3 Å². The Balaban J connectivity index is 2.18. The van der Waals surface area contributed by atoms with Crippen LogP contribution in [-0.2, 0) is 4.74 Å². The maximum atomic E-state index is 5.09. The third kappa shape index (κ3) is 2.94. The molecule has 1 heterocycles. The number of rotatable bonds is 5. The summed E-state index contributed by atoms with van der Waals surface area (Å²) in [6, 6.07) is 8.67. The van der Waals surface area contributed by atoms with Crippen molar-refractivity contribution in [2.75, 3.05) is 19.0 Å². The van der Waals surface area contributed by atoms with Crippen molar-refractivity contribution in [1.29, 1.82) is 0 Å². The van der Waals surface area contributed by atoms with Crippen molar-refractivity contribution in [2.24, 2.45) is 0 Å². The molecular formula is C14H18N2O. The fourth-order valence-electron chi connectivity index (χ4n) is 1.88. The molecule has 17 heavy (non-hydrogen) atoms. The van der Waals surface area contributed by atoms with Crippen molar-refractivity contribution in [3.8, 4) is 0 Å². The second-order valence-electron chi connectivity index (χ2n) is 4.23. The first-order valence-electron chi connectivity index (χ1n) is 5.89. The zero-order chi connectivity index (χ0) is 12.1. The maximum absolute atomic E-state index is 5.09. The van der Waals surface area contributed by atoms with Gasteiger partial charge in [0.1, 0.15) is 0 Å². The van der Waals surface area contributed by atoms with Crippen LogP contribution in [0.15, 0.2) is 36.7 Å². The Morgan fingerprint density at radius 3 is 3.06 bits per heavy atom. The van der Waals surface area contributed by atoms with Crippen molar-refractivity contribution >= 4 is 16.5 Å². The van der Waals surface area contributed by atoms with Crippen molar-refractivity contribution < 1.29 is 4.74 Å². The van der Waals surface area contributed by atoms with Gasteiger partial charge in [0.15, 0.2) is 0 Å². The molecule has 0 aliphatic rings. The van der Waals surface area contributed by atoms with Crippen LogP contribution in [0.25, 0.3) is 10.8 Å². The van der Waals surface area contributed by atoms with E-state index in [1.165, 1.54) is 5.39 Å². The fourth-order valence-corrected chi connectivity index (χ4v) is 1.88. The number of hydrogen-bond acceptors (Lipinski definition) is 3. The van der Waals surface area contributed by atoms with Gasteiger partial charge < -0.3 is 10.1 Å². The van der Waals surface area contributed by atoms with Crippen LogP contribution in [0.3, 0.4) is 0 Å². The Labute approximate surface area is 102 Å². The van der Waals surface area contributed by atoms with Gasteiger partial charge in [-0.05, 0) is 25.5 Å². The van der Waals surface area contributed by atoms with Gasteiger partial charge in [-0.1, -0.05) is 12.1 Å². The molecule has 90 valence electrons. The predicted molar refractivity (Wildman–Crippen MR) is 71.3 cm³/mol. The van der Waals surface area contributed by atoms with Crippen LogP contribution in [0.5, 0.6) is 0 Å². The van der Waals surface area contributed by atoms with Crippen LogP contribution in [0.4, 0.5) is 5.69 Å². The zero-order valence-electron chi connectivity index (χ0n) is 10.3. The molecule has 1 aromatic heterocycles. The van der Waals surface area contributed by atoms with E-state index >= 15 is 0 Å². The third-order valence-corrected chi connectivity index (χ3v) is 2.84. The Morgan fingerprint density at radius 1 is 1.35 bits per heavy atom. The van der Waals surface area contributed by atoms with E-state index in [1.54, 1.807) is 7.11 Å². The minimum Gasteiger partial charge on any atom is -0.385 e. The van der Waals surface area contributed by atoms with Gasteiger partial charge in [0.2, 0.25) is 0 Å². The smallest absolute Gasteiger partial charge is 0.0481 e. The SMILES string of the molecule is COCCC(C)Nc1cccc2cnccc12. The molecule has 0 saturated carbocycles. The highest BCUT2D eigenvalue weighted by atomic mass is 16.5. The van der Waals surface area contributed by atoms with Crippen molar-refractivity contribution in [2.45, 2.75) is 19.4 Å². The summed E-state index contributed by atoms with van der Waals surface area (Å²) in [4.78, 5) is 4.13. The van der Waals surface area contributed by atoms with Crippen LogP contribution in [-0.4, -0.2) is 24.7 Å². The fraction of sp³-hybridized carbons (Fsp3) is 0.357. The molecule has 1 N–H and O–H groups in total. The molecule has 2 rings (SSSR count). The van der Waals surface area contributed by atoms with Gasteiger partial charge >= 0.3 is 0 Å². The van der Waals surface area contributed by atoms with Gasteiger partial charge in [0.25, 0.3) is 0 Å². The first kappa shape index (κ1) is 11.9. The van der Waals surface area contributed by atoms with Gasteiger partial charge in [-0.25, -0.2) is 0 Å². The molecule has 0 aliphatic heterocycles. The molecule has 1 aromatic carbocycles. The Kier molecular flexibility index (Phi) is 3.94. The number of hydrogen-bond donors (Lipinski definition) is 1. The lowest BCUT2D eigenvalue weighted by molar-refractivity contribution is 0.191. The second-order valence-corrected chi connectivity index (χ2v) is 4.23. The lowest BCUT2D eigenvalue weighted by Gasteiger charge is -2.16. The largest absolute Gasteiger partial charge is 0.385 e. The van der Waals surface area contributed by atoms with E-state index in [1.807, 2.05) is 18.5 Å². The summed E-state index contributed by atoms with van der Waals surface area (Å²) in [5.74, 6) is 0. The predicted octanol–water partition coefficient (Wildman–Crippen LogP) is 3.07. The van der Waals surface area contributed by atoms with Gasteiger partial charge in [-0.2, -0.15) is 0 Å². The van der Waals surface area contributed by atoms with Crippen molar-refractivity contribution in [1.82, 2.24) is 4.98 Å². The summed E-state index contributed by atoms with van der Waals surface area (Å²) < 4.78 is 5.09. The number of benzene rings is 1. The molecule has 0 fully saturated rings. The van der Waals surface area contributed by atoms with Crippen molar-refractivity contribution in [3.05, 3.63) is 36.7 Å². The molecule has 3 heteroatoms. The Hall–Kier alpha value is -1.61. The molecule has 0 saturated heterocycles. The van der Waals surface area contributed by atoms with Gasteiger partial charge in [-0.15, -0.1) is 0 Å². The first-order chi connectivity index (χ1) is 8.31. The number of methoxy groups -OCH3 is 1. The second kappa shape index (κ2) is 5.64. The van der Waals surface area contributed by atoms with Crippen molar-refractivity contribution in [3.63, 3.8) is 0 Å². The number of nitrogens with zero attached hydrogens (tertiary/aromatic N) is 1. The Bertz CT molecular complexity index is 479. The Morgan fingerprint density at radius 2 is 2.24 bits per heavy atom. The number of aromatic nitrogens is 1. The van der Waals surface area contributed by atoms with E-state index in [9.17, 15) is 0 Å². The monoisotopic (exact) mass is 230 g/mol. The summed E-state index contributed by atoms with van der Waals surface area (Å²) in [5.41, 5.74) is 1.16. The average Bonchev–Trinajstić information content (AvgIpc) is 2.37. The molecule has 0 spiro atoms. The van der Waals surface area contributed by atoms with E-state index in [4.69, 9.17) is 4.74 Å². The summed E-state index contributed by atoms with van der Waals surface area (Å²) in [7, 11) is 1.73. The number of anilines is 1. The summed E-state index contributed by atoms with van der Waals surface area (Å²) in [5, 5.41) is 5.89. The summed E-state index contributed by atoms with van der Waals surface area (Å²) in [6.45, 7) is 2.94. The van der Waals surface area contributed by atoms with Crippen LogP contribution in [0.2, 0.25) is 0 Å². The number of pyridine rings is 1. The molecule has 0 radical (unpaired) electrons. The lowest BCUT2D eigenvalue weighted by Crippen LogP contribution is -2.17. The minimum atomic E-state index is 0.397. The van der Waals surface area contributed by atoms with E-state index < -0.39 is 0 Å². The molecule has 0 amide bonds. The highest BCUT2D eigenvalue weighted by Crippen LogP contribution is 2.23. The standard InChI is InChI=1S/C14H18N2O/c1-11(7-9-17-2)16-14-5-3-4-12-10-15-8-6-13(12)14/h3-6,8,10-11,16H,7,9H2,1-2H3. The highest BCUT2D eigenvalue weighted by molar-refractivity contribution is 5.93. The van der Waals surface area contributed by atoms with Crippen LogP contribution < -0.4 is 5.32 Å². The molecule has 0 aliphatic carbocycles. The van der Waals surface area contributed by atoms with E-state index in [0.717, 1.165) is 24.1 Å². The molecule has 1 atom stereocenters. The molecule has 3 nitrogen and oxygen atoms in total. The van der Waals surface area contributed by atoms with Gasteiger partial charge in [-0.3, -0.25) is 4.98 Å². The minimum absolute atomic E-state index is 0.397. The van der Waals surface area contributed by atoms with Gasteiger partial charge in [0.05, 0.1) is 0 Å². The van der Waals surface area contributed by atoms with Crippen LogP contribution in [0, 0.1) is 0 Å². The van der Waals surface area contributed by atoms with E-state index in [2.05, 4.69) is 35.4 Å². The quantitative estimate of drug-likeness (QED) is 0.857. The molecule has 0 bridgehead atoms. The van der Waals surface area contributed by atoms with E-state index in [0.29, 0.717) is 6.04 Å². The van der Waals surface area contributed by atoms with E-state index in [-0.39, 0.29) is 0 Å². The number of fused-ring (bicyclic) bond motifs is 1. The molecule has 1 unspecified atom stereocenters. The topological polar surface area (TPSA) is 34.1 Å². The lowest BCUT2D eigenvalue weighted by atomic mass is 10.1.